The normalized spacial score (nSPS) is 20.8. The Labute approximate surface area is 193 Å². The molecule has 0 amide bonds. The minimum Gasteiger partial charge on any atom is -0.493 e. The molecule has 2 aliphatic heterocycles. The van der Waals surface area contributed by atoms with Gasteiger partial charge in [0.1, 0.15) is 0 Å². The first-order valence-electron chi connectivity index (χ1n) is 11.8. The van der Waals surface area contributed by atoms with Crippen molar-refractivity contribution in [3.63, 3.8) is 0 Å². The number of aliphatic imine (C=N–C) groups is 1. The molecule has 1 aromatic rings. The molecule has 2 saturated heterocycles. The summed E-state index contributed by atoms with van der Waals surface area (Å²) in [5, 5.41) is 3.58. The Morgan fingerprint density at radius 1 is 1.00 bits per heavy atom. The first-order valence-corrected chi connectivity index (χ1v) is 11.8. The van der Waals surface area contributed by atoms with Crippen molar-refractivity contribution in [2.45, 2.75) is 26.3 Å². The Balaban J connectivity index is 1.47. The maximum atomic E-state index is 5.50. The number of piperazine rings is 1. The van der Waals surface area contributed by atoms with Crippen molar-refractivity contribution >= 4 is 5.96 Å². The van der Waals surface area contributed by atoms with Crippen LogP contribution in [0.25, 0.3) is 0 Å². The number of piperidine rings is 1. The summed E-state index contributed by atoms with van der Waals surface area (Å²) in [6, 6.07) is 4.07. The van der Waals surface area contributed by atoms with Crippen LogP contribution in [0.1, 0.15) is 25.3 Å². The van der Waals surface area contributed by atoms with E-state index < -0.39 is 0 Å². The lowest BCUT2D eigenvalue weighted by Gasteiger charge is -2.37. The maximum Gasteiger partial charge on any atom is 0.203 e. The third kappa shape index (κ3) is 6.42. The van der Waals surface area contributed by atoms with E-state index in [-0.39, 0.29) is 0 Å². The summed E-state index contributed by atoms with van der Waals surface area (Å²) in [5.41, 5.74) is 1.16. The lowest BCUT2D eigenvalue weighted by atomic mass is 10.0. The summed E-state index contributed by atoms with van der Waals surface area (Å²) < 4.78 is 16.4. The van der Waals surface area contributed by atoms with E-state index in [0.29, 0.717) is 17.2 Å². The molecule has 0 saturated carbocycles. The number of methoxy groups -OCH3 is 3. The Morgan fingerprint density at radius 3 is 2.25 bits per heavy atom. The quantitative estimate of drug-likeness (QED) is 0.484. The molecule has 1 atom stereocenters. The molecular formula is C24H41N5O3. The molecule has 0 aliphatic carbocycles. The summed E-state index contributed by atoms with van der Waals surface area (Å²) in [6.07, 6.45) is 2.69. The van der Waals surface area contributed by atoms with Crippen LogP contribution in [0.3, 0.4) is 0 Å². The molecule has 0 bridgehead atoms. The molecule has 3 rings (SSSR count). The highest BCUT2D eigenvalue weighted by molar-refractivity contribution is 5.80. The van der Waals surface area contributed by atoms with Crippen LogP contribution in [0.5, 0.6) is 17.2 Å². The molecule has 2 aliphatic rings. The van der Waals surface area contributed by atoms with Crippen LogP contribution in [-0.2, 0) is 6.54 Å². The Morgan fingerprint density at radius 2 is 1.69 bits per heavy atom. The van der Waals surface area contributed by atoms with Gasteiger partial charge in [0.25, 0.3) is 0 Å². The van der Waals surface area contributed by atoms with E-state index in [1.807, 2.05) is 19.2 Å². The smallest absolute Gasteiger partial charge is 0.203 e. The molecular weight excluding hydrogens is 406 g/mol. The van der Waals surface area contributed by atoms with Crippen molar-refractivity contribution in [2.24, 2.45) is 10.9 Å². The van der Waals surface area contributed by atoms with Gasteiger partial charge < -0.3 is 29.3 Å². The van der Waals surface area contributed by atoms with E-state index in [4.69, 9.17) is 14.2 Å². The highest BCUT2D eigenvalue weighted by atomic mass is 16.5. The topological polar surface area (TPSA) is 61.8 Å². The van der Waals surface area contributed by atoms with Crippen LogP contribution < -0.4 is 19.5 Å². The highest BCUT2D eigenvalue weighted by Gasteiger charge is 2.22. The fourth-order valence-electron chi connectivity index (χ4n) is 4.75. The van der Waals surface area contributed by atoms with Crippen LogP contribution in [0.2, 0.25) is 0 Å². The van der Waals surface area contributed by atoms with Crippen LogP contribution in [0, 0.1) is 5.92 Å². The van der Waals surface area contributed by atoms with Crippen molar-refractivity contribution in [2.75, 3.05) is 80.7 Å². The molecule has 1 aromatic carbocycles. The van der Waals surface area contributed by atoms with Crippen molar-refractivity contribution in [1.82, 2.24) is 20.0 Å². The molecule has 1 N–H and O–H groups in total. The maximum absolute atomic E-state index is 5.50. The molecule has 2 fully saturated rings. The number of nitrogens with one attached hydrogen (secondary N) is 1. The number of nitrogens with zero attached hydrogens (tertiary/aromatic N) is 4. The standard InChI is InChI=1S/C24H41N5O3/c1-19-7-6-9-27(17-19)10-8-26-24(25-2)29-13-11-28(12-14-29)18-20-15-21(30-3)23(32-5)22(16-20)31-4/h15-16,19H,6-14,17-18H2,1-5H3,(H,25,26). The summed E-state index contributed by atoms with van der Waals surface area (Å²) in [5.74, 6) is 3.88. The van der Waals surface area contributed by atoms with Gasteiger partial charge in [-0.15, -0.1) is 0 Å². The number of benzene rings is 1. The zero-order valence-electron chi connectivity index (χ0n) is 20.5. The van der Waals surface area contributed by atoms with Gasteiger partial charge in [-0.05, 0) is 43.0 Å². The highest BCUT2D eigenvalue weighted by Crippen LogP contribution is 2.38. The summed E-state index contributed by atoms with van der Waals surface area (Å²) in [6.45, 7) is 11.6. The first-order chi connectivity index (χ1) is 15.6. The molecule has 0 radical (unpaired) electrons. The Bertz CT molecular complexity index is 724. The fourth-order valence-corrected chi connectivity index (χ4v) is 4.75. The SMILES string of the molecule is CN=C(NCCN1CCCC(C)C1)N1CCN(Cc2cc(OC)c(OC)c(OC)c2)CC1. The van der Waals surface area contributed by atoms with Crippen LogP contribution in [0.15, 0.2) is 17.1 Å². The largest absolute Gasteiger partial charge is 0.493 e. The Kier molecular flexibility index (Phi) is 9.29. The average molecular weight is 448 g/mol. The predicted molar refractivity (Wildman–Crippen MR) is 129 cm³/mol. The molecule has 0 spiro atoms. The molecule has 1 unspecified atom stereocenters. The third-order valence-corrected chi connectivity index (χ3v) is 6.47. The van der Waals surface area contributed by atoms with Crippen molar-refractivity contribution in [3.05, 3.63) is 17.7 Å². The van der Waals surface area contributed by atoms with Crippen LogP contribution in [-0.4, -0.2) is 101 Å². The zero-order valence-corrected chi connectivity index (χ0v) is 20.5. The molecule has 2 heterocycles. The molecule has 0 aromatic heterocycles. The number of rotatable bonds is 8. The molecule has 32 heavy (non-hydrogen) atoms. The number of hydrogen-bond acceptors (Lipinski definition) is 6. The average Bonchev–Trinajstić information content (AvgIpc) is 2.82. The van der Waals surface area contributed by atoms with Gasteiger partial charge in [-0.2, -0.15) is 0 Å². The van der Waals surface area contributed by atoms with Crippen LogP contribution >= 0.6 is 0 Å². The second kappa shape index (κ2) is 12.2. The minimum absolute atomic E-state index is 0.637. The van der Waals surface area contributed by atoms with E-state index >= 15 is 0 Å². The lowest BCUT2D eigenvalue weighted by Crippen LogP contribution is -2.53. The molecule has 8 heteroatoms. The summed E-state index contributed by atoms with van der Waals surface area (Å²) in [7, 11) is 6.83. The minimum atomic E-state index is 0.637. The van der Waals surface area contributed by atoms with Gasteiger partial charge in [-0.1, -0.05) is 6.92 Å². The van der Waals surface area contributed by atoms with Gasteiger partial charge in [-0.25, -0.2) is 0 Å². The van der Waals surface area contributed by atoms with E-state index in [2.05, 4.69) is 31.9 Å². The van der Waals surface area contributed by atoms with Crippen LogP contribution in [0.4, 0.5) is 0 Å². The van der Waals surface area contributed by atoms with Gasteiger partial charge >= 0.3 is 0 Å². The van der Waals surface area contributed by atoms with Crippen molar-refractivity contribution in [1.29, 1.82) is 0 Å². The summed E-state index contributed by atoms with van der Waals surface area (Å²) >= 11 is 0. The van der Waals surface area contributed by atoms with E-state index in [1.54, 1.807) is 21.3 Å². The van der Waals surface area contributed by atoms with Crippen molar-refractivity contribution in [3.8, 4) is 17.2 Å². The van der Waals surface area contributed by atoms with Crippen molar-refractivity contribution < 1.29 is 14.2 Å². The van der Waals surface area contributed by atoms with E-state index in [0.717, 1.165) is 63.3 Å². The number of hydrogen-bond donors (Lipinski definition) is 1. The van der Waals surface area contributed by atoms with Gasteiger partial charge in [0.05, 0.1) is 21.3 Å². The fraction of sp³-hybridized carbons (Fsp3) is 0.708. The molecule has 180 valence electrons. The van der Waals surface area contributed by atoms with Gasteiger partial charge in [0.2, 0.25) is 5.75 Å². The Hall–Kier alpha value is -2.19. The number of ether oxygens (including phenoxy) is 3. The van der Waals surface area contributed by atoms with Gasteiger partial charge in [-0.3, -0.25) is 9.89 Å². The van der Waals surface area contributed by atoms with Gasteiger partial charge in [0.15, 0.2) is 17.5 Å². The second-order valence-corrected chi connectivity index (χ2v) is 8.82. The monoisotopic (exact) mass is 447 g/mol. The lowest BCUT2D eigenvalue weighted by molar-refractivity contribution is 0.169. The molecule has 8 nitrogen and oxygen atoms in total. The number of guanidine groups is 1. The number of likely N-dealkylation sites (tertiary alicyclic amines) is 1. The van der Waals surface area contributed by atoms with E-state index in [9.17, 15) is 0 Å². The predicted octanol–water partition coefficient (Wildman–Crippen LogP) is 2.14. The first kappa shape index (κ1) is 24.5. The van der Waals surface area contributed by atoms with E-state index in [1.165, 1.54) is 25.9 Å². The zero-order chi connectivity index (χ0) is 22.9. The second-order valence-electron chi connectivity index (χ2n) is 8.82. The summed E-state index contributed by atoms with van der Waals surface area (Å²) in [4.78, 5) is 11.9. The van der Waals surface area contributed by atoms with Gasteiger partial charge in [0, 0.05) is 59.4 Å². The third-order valence-electron chi connectivity index (χ3n) is 6.47.